The van der Waals surface area contributed by atoms with Crippen molar-refractivity contribution in [3.63, 3.8) is 0 Å². The lowest BCUT2D eigenvalue weighted by atomic mass is 10.1. The molecule has 1 amide bonds. The molecule has 0 unspecified atom stereocenters. The summed E-state index contributed by atoms with van der Waals surface area (Å²) in [5, 5.41) is 3.84. The third-order valence-corrected chi connectivity index (χ3v) is 5.45. The Morgan fingerprint density at radius 1 is 1.08 bits per heavy atom. The van der Waals surface area contributed by atoms with Crippen LogP contribution in [0.25, 0.3) is 10.2 Å². The number of rotatable bonds is 4. The van der Waals surface area contributed by atoms with E-state index < -0.39 is 0 Å². The predicted molar refractivity (Wildman–Crippen MR) is 107 cm³/mol. The minimum absolute atomic E-state index is 0.0415. The van der Waals surface area contributed by atoms with Gasteiger partial charge in [-0.1, -0.05) is 29.5 Å². The van der Waals surface area contributed by atoms with Crippen molar-refractivity contribution in [2.24, 2.45) is 0 Å². The van der Waals surface area contributed by atoms with Crippen molar-refractivity contribution in [3.8, 4) is 0 Å². The molecule has 4 nitrogen and oxygen atoms in total. The number of carbonyl (C=O) groups excluding carboxylic acids is 1. The average molecular weight is 353 g/mol. The smallest absolute Gasteiger partial charge is 0.243 e. The van der Waals surface area contributed by atoms with Gasteiger partial charge in [-0.15, -0.1) is 0 Å². The first-order valence-electron chi connectivity index (χ1n) is 8.29. The topological polar surface area (TPSA) is 45.2 Å². The number of hydrogen-bond acceptors (Lipinski definition) is 4. The first-order chi connectivity index (χ1) is 11.8. The Bertz CT molecular complexity index is 886. The summed E-state index contributed by atoms with van der Waals surface area (Å²) in [6.07, 6.45) is 0. The molecule has 3 rings (SSSR count). The van der Waals surface area contributed by atoms with Gasteiger partial charge in [-0.2, -0.15) is 0 Å². The molecule has 0 saturated carbocycles. The van der Waals surface area contributed by atoms with Crippen LogP contribution < -0.4 is 10.2 Å². The molecule has 5 heteroatoms. The number of nitrogens with one attached hydrogen (secondary N) is 1. The molecule has 2 aromatic carbocycles. The molecule has 1 heterocycles. The molecule has 0 atom stereocenters. The molecular formula is C20H23N3OS. The van der Waals surface area contributed by atoms with Crippen molar-refractivity contribution >= 4 is 38.3 Å². The van der Waals surface area contributed by atoms with E-state index in [0.29, 0.717) is 0 Å². The largest absolute Gasteiger partial charge is 0.342 e. The molecule has 0 spiro atoms. The number of anilines is 2. The lowest BCUT2D eigenvalue weighted by molar-refractivity contribution is -0.114. The van der Waals surface area contributed by atoms with Crippen molar-refractivity contribution in [3.05, 3.63) is 52.6 Å². The van der Waals surface area contributed by atoms with Crippen LogP contribution in [0, 0.1) is 27.7 Å². The zero-order valence-electron chi connectivity index (χ0n) is 15.3. The molecule has 0 bridgehead atoms. The minimum atomic E-state index is -0.0415. The van der Waals surface area contributed by atoms with Crippen LogP contribution in [0.2, 0.25) is 0 Å². The van der Waals surface area contributed by atoms with Crippen molar-refractivity contribution in [2.75, 3.05) is 23.8 Å². The van der Waals surface area contributed by atoms with Crippen molar-refractivity contribution in [2.45, 2.75) is 27.7 Å². The summed E-state index contributed by atoms with van der Waals surface area (Å²) in [5.74, 6) is -0.0415. The van der Waals surface area contributed by atoms with E-state index in [9.17, 15) is 4.79 Å². The van der Waals surface area contributed by atoms with Crippen molar-refractivity contribution in [1.82, 2.24) is 4.98 Å². The van der Waals surface area contributed by atoms with Crippen LogP contribution in [0.4, 0.5) is 10.8 Å². The Labute approximate surface area is 152 Å². The highest BCUT2D eigenvalue weighted by atomic mass is 32.1. The normalized spacial score (nSPS) is 10.9. The number of thiazole rings is 1. The van der Waals surface area contributed by atoms with E-state index in [0.717, 1.165) is 33.0 Å². The third-order valence-electron chi connectivity index (χ3n) is 4.14. The number of nitrogens with zero attached hydrogens (tertiary/aromatic N) is 2. The fraction of sp³-hybridized carbons (Fsp3) is 0.300. The highest BCUT2D eigenvalue weighted by Gasteiger charge is 2.14. The number of aryl methyl sites for hydroxylation is 4. The number of carbonyl (C=O) groups is 1. The van der Waals surface area contributed by atoms with Gasteiger partial charge in [0.25, 0.3) is 0 Å². The molecular weight excluding hydrogens is 330 g/mol. The molecule has 25 heavy (non-hydrogen) atoms. The number of fused-ring (bicyclic) bond motifs is 1. The molecule has 0 fully saturated rings. The van der Waals surface area contributed by atoms with Gasteiger partial charge in [-0.05, 0) is 62.1 Å². The van der Waals surface area contributed by atoms with Gasteiger partial charge >= 0.3 is 0 Å². The molecule has 0 radical (unpaired) electrons. The summed E-state index contributed by atoms with van der Waals surface area (Å²) in [7, 11) is 1.91. The number of amides is 1. The molecule has 1 N–H and O–H groups in total. The summed E-state index contributed by atoms with van der Waals surface area (Å²) in [5.41, 5.74) is 6.53. The second kappa shape index (κ2) is 6.84. The van der Waals surface area contributed by atoms with Crippen molar-refractivity contribution in [1.29, 1.82) is 0 Å². The maximum Gasteiger partial charge on any atom is 0.243 e. The Kier molecular flexibility index (Phi) is 4.77. The van der Waals surface area contributed by atoms with E-state index in [4.69, 9.17) is 4.98 Å². The van der Waals surface area contributed by atoms with E-state index >= 15 is 0 Å². The standard InChI is InChI=1S/C20H23N3OS/c1-12-8-13(2)10-16(9-12)21-17(24)11-23(5)20-22-18-14(3)6-7-15(4)19(18)25-20/h6-10H,11H2,1-5H3,(H,21,24). The van der Waals surface area contributed by atoms with Crippen LogP contribution in [-0.4, -0.2) is 24.5 Å². The quantitative estimate of drug-likeness (QED) is 0.745. The lowest BCUT2D eigenvalue weighted by Gasteiger charge is -2.15. The van der Waals surface area contributed by atoms with Crippen LogP contribution in [0.15, 0.2) is 30.3 Å². The van der Waals surface area contributed by atoms with Crippen LogP contribution in [0.1, 0.15) is 22.3 Å². The number of benzene rings is 2. The maximum absolute atomic E-state index is 12.4. The fourth-order valence-corrected chi connectivity index (χ4v) is 4.01. The molecule has 1 aromatic heterocycles. The Morgan fingerprint density at radius 2 is 1.72 bits per heavy atom. The molecule has 3 aromatic rings. The zero-order valence-corrected chi connectivity index (χ0v) is 16.1. The van der Waals surface area contributed by atoms with Gasteiger partial charge < -0.3 is 10.2 Å². The molecule has 0 aliphatic heterocycles. The Hall–Kier alpha value is -2.40. The monoisotopic (exact) mass is 353 g/mol. The maximum atomic E-state index is 12.4. The first-order valence-corrected chi connectivity index (χ1v) is 9.11. The Morgan fingerprint density at radius 3 is 2.36 bits per heavy atom. The summed E-state index contributed by atoms with van der Waals surface area (Å²) >= 11 is 1.63. The van der Waals surface area contributed by atoms with Gasteiger partial charge in [0.1, 0.15) is 0 Å². The molecule has 0 aliphatic carbocycles. The van der Waals surface area contributed by atoms with Gasteiger partial charge in [0.2, 0.25) is 5.91 Å². The summed E-state index contributed by atoms with van der Waals surface area (Å²) in [6.45, 7) is 8.49. The summed E-state index contributed by atoms with van der Waals surface area (Å²) in [4.78, 5) is 19.0. The van der Waals surface area contributed by atoms with E-state index in [1.807, 2.05) is 37.9 Å². The van der Waals surface area contributed by atoms with Gasteiger partial charge in [-0.25, -0.2) is 4.98 Å². The van der Waals surface area contributed by atoms with E-state index in [1.165, 1.54) is 10.3 Å². The predicted octanol–water partition coefficient (Wildman–Crippen LogP) is 4.60. The van der Waals surface area contributed by atoms with E-state index in [2.05, 4.69) is 37.4 Å². The molecule has 0 aliphatic rings. The average Bonchev–Trinajstić information content (AvgIpc) is 2.96. The fourth-order valence-electron chi connectivity index (χ4n) is 2.94. The van der Waals surface area contributed by atoms with E-state index in [1.54, 1.807) is 11.3 Å². The van der Waals surface area contributed by atoms with Gasteiger partial charge in [0.05, 0.1) is 16.8 Å². The van der Waals surface area contributed by atoms with Gasteiger partial charge in [-0.3, -0.25) is 4.79 Å². The highest BCUT2D eigenvalue weighted by molar-refractivity contribution is 7.22. The van der Waals surface area contributed by atoms with Crippen LogP contribution in [0.3, 0.4) is 0 Å². The van der Waals surface area contributed by atoms with Crippen molar-refractivity contribution < 1.29 is 4.79 Å². The molecule has 0 saturated heterocycles. The van der Waals surface area contributed by atoms with Crippen LogP contribution >= 0.6 is 11.3 Å². The SMILES string of the molecule is Cc1cc(C)cc(NC(=O)CN(C)c2nc3c(C)ccc(C)c3s2)c1. The highest BCUT2D eigenvalue weighted by Crippen LogP contribution is 2.32. The number of hydrogen-bond donors (Lipinski definition) is 1. The minimum Gasteiger partial charge on any atom is -0.342 e. The lowest BCUT2D eigenvalue weighted by Crippen LogP contribution is -2.30. The third kappa shape index (κ3) is 3.82. The van der Waals surface area contributed by atoms with E-state index in [-0.39, 0.29) is 12.5 Å². The van der Waals surface area contributed by atoms with Gasteiger partial charge in [0.15, 0.2) is 5.13 Å². The first kappa shape index (κ1) is 17.4. The second-order valence-corrected chi connectivity index (χ2v) is 7.63. The zero-order chi connectivity index (χ0) is 18.1. The number of likely N-dealkylation sites (N-methyl/N-ethyl adjacent to an activating group) is 1. The Balaban J connectivity index is 1.75. The van der Waals surface area contributed by atoms with Crippen LogP contribution in [-0.2, 0) is 4.79 Å². The summed E-state index contributed by atoms with van der Waals surface area (Å²) < 4.78 is 1.19. The van der Waals surface area contributed by atoms with Crippen LogP contribution in [0.5, 0.6) is 0 Å². The second-order valence-electron chi connectivity index (χ2n) is 6.65. The van der Waals surface area contributed by atoms with Gasteiger partial charge in [0, 0.05) is 12.7 Å². The number of aromatic nitrogens is 1. The summed E-state index contributed by atoms with van der Waals surface area (Å²) in [6, 6.07) is 10.3. The molecule has 130 valence electrons.